The molecular formula is C13H21N3O4S. The number of nitrogens with zero attached hydrogens (tertiary/aromatic N) is 1. The molecule has 0 aromatic heterocycles. The van der Waals surface area contributed by atoms with Crippen molar-refractivity contribution in [1.29, 1.82) is 0 Å². The van der Waals surface area contributed by atoms with Crippen molar-refractivity contribution >= 4 is 15.7 Å². The van der Waals surface area contributed by atoms with Crippen molar-refractivity contribution in [3.8, 4) is 5.75 Å². The Morgan fingerprint density at radius 1 is 1.38 bits per heavy atom. The molecule has 1 fully saturated rings. The quantitative estimate of drug-likeness (QED) is 0.711. The van der Waals surface area contributed by atoms with Gasteiger partial charge in [-0.05, 0) is 12.1 Å². The van der Waals surface area contributed by atoms with Crippen LogP contribution in [-0.2, 0) is 14.8 Å². The predicted octanol–water partition coefficient (Wildman–Crippen LogP) is -0.112. The fraction of sp³-hybridized carbons (Fsp3) is 0.538. The van der Waals surface area contributed by atoms with Crippen LogP contribution in [0.1, 0.15) is 0 Å². The van der Waals surface area contributed by atoms with Crippen molar-refractivity contribution in [2.75, 3.05) is 52.2 Å². The lowest BCUT2D eigenvalue weighted by Gasteiger charge is -2.26. The molecule has 1 aliphatic heterocycles. The highest BCUT2D eigenvalue weighted by Crippen LogP contribution is 2.25. The van der Waals surface area contributed by atoms with E-state index in [4.69, 9.17) is 15.2 Å². The first-order valence-electron chi connectivity index (χ1n) is 6.76. The monoisotopic (exact) mass is 315 g/mol. The van der Waals surface area contributed by atoms with Gasteiger partial charge in [0.05, 0.1) is 20.3 Å². The number of ether oxygens (including phenoxy) is 2. The summed E-state index contributed by atoms with van der Waals surface area (Å²) in [6.45, 7) is 4.03. The van der Waals surface area contributed by atoms with Crippen LogP contribution in [0.3, 0.4) is 0 Å². The Morgan fingerprint density at radius 3 is 2.76 bits per heavy atom. The van der Waals surface area contributed by atoms with E-state index in [0.29, 0.717) is 32.0 Å². The fourth-order valence-corrected chi connectivity index (χ4v) is 3.32. The first kappa shape index (κ1) is 16.0. The number of sulfonamides is 1. The van der Waals surface area contributed by atoms with Gasteiger partial charge in [-0.1, -0.05) is 0 Å². The maximum absolute atomic E-state index is 12.3. The molecule has 0 unspecified atom stereocenters. The van der Waals surface area contributed by atoms with Crippen molar-refractivity contribution in [3.63, 3.8) is 0 Å². The number of benzene rings is 1. The van der Waals surface area contributed by atoms with Gasteiger partial charge in [-0.25, -0.2) is 13.1 Å². The molecule has 0 atom stereocenters. The number of methoxy groups -OCH3 is 1. The second kappa shape index (κ2) is 7.08. The first-order valence-corrected chi connectivity index (χ1v) is 8.24. The zero-order valence-electron chi connectivity index (χ0n) is 12.0. The number of nitrogens with two attached hydrogens (primary N) is 1. The van der Waals surface area contributed by atoms with Crippen molar-refractivity contribution < 1.29 is 17.9 Å². The number of nitrogen functional groups attached to an aromatic ring is 1. The molecule has 1 aliphatic rings. The normalized spacial score (nSPS) is 16.8. The minimum atomic E-state index is -3.61. The van der Waals surface area contributed by atoms with Crippen molar-refractivity contribution in [2.24, 2.45) is 0 Å². The van der Waals surface area contributed by atoms with Gasteiger partial charge in [-0.2, -0.15) is 0 Å². The standard InChI is InChI=1S/C13H21N3O4S/c1-19-12-10-11(14)2-3-13(12)21(17,18)15-4-5-16-6-8-20-9-7-16/h2-3,10,15H,4-9,14H2,1H3. The van der Waals surface area contributed by atoms with E-state index in [1.54, 1.807) is 6.07 Å². The number of rotatable bonds is 6. The lowest BCUT2D eigenvalue weighted by atomic mass is 10.3. The third-order valence-corrected chi connectivity index (χ3v) is 4.80. The highest BCUT2D eigenvalue weighted by atomic mass is 32.2. The summed E-state index contributed by atoms with van der Waals surface area (Å²) in [6.07, 6.45) is 0. The van der Waals surface area contributed by atoms with Crippen LogP contribution < -0.4 is 15.2 Å². The predicted molar refractivity (Wildman–Crippen MR) is 79.9 cm³/mol. The van der Waals surface area contributed by atoms with Crippen LogP contribution in [-0.4, -0.2) is 59.8 Å². The Bertz CT molecular complexity index is 571. The van der Waals surface area contributed by atoms with E-state index in [9.17, 15) is 8.42 Å². The maximum atomic E-state index is 12.3. The van der Waals surface area contributed by atoms with Crippen LogP contribution in [0.4, 0.5) is 5.69 Å². The van der Waals surface area contributed by atoms with Gasteiger partial charge in [-0.15, -0.1) is 0 Å². The number of nitrogens with one attached hydrogen (secondary N) is 1. The lowest BCUT2D eigenvalue weighted by molar-refractivity contribution is 0.0390. The molecule has 0 saturated carbocycles. The Labute approximate surface area is 125 Å². The molecule has 0 amide bonds. The third kappa shape index (κ3) is 4.31. The molecule has 3 N–H and O–H groups in total. The van der Waals surface area contributed by atoms with E-state index in [0.717, 1.165) is 13.1 Å². The van der Waals surface area contributed by atoms with Crippen LogP contribution in [0.2, 0.25) is 0 Å². The van der Waals surface area contributed by atoms with E-state index in [1.807, 2.05) is 0 Å². The van der Waals surface area contributed by atoms with Crippen LogP contribution >= 0.6 is 0 Å². The summed E-state index contributed by atoms with van der Waals surface area (Å²) in [5.74, 6) is 0.244. The molecule has 0 aliphatic carbocycles. The van der Waals surface area contributed by atoms with E-state index in [2.05, 4.69) is 9.62 Å². The van der Waals surface area contributed by atoms with Gasteiger partial charge >= 0.3 is 0 Å². The van der Waals surface area contributed by atoms with Gasteiger partial charge < -0.3 is 15.2 Å². The van der Waals surface area contributed by atoms with Crippen molar-refractivity contribution in [2.45, 2.75) is 4.90 Å². The van der Waals surface area contributed by atoms with Gasteiger partial charge in [0, 0.05) is 37.9 Å². The second-order valence-electron chi connectivity index (χ2n) is 4.76. The minimum Gasteiger partial charge on any atom is -0.495 e. The Kier molecular flexibility index (Phi) is 5.40. The van der Waals surface area contributed by atoms with Crippen molar-refractivity contribution in [1.82, 2.24) is 9.62 Å². The molecule has 7 nitrogen and oxygen atoms in total. The largest absolute Gasteiger partial charge is 0.495 e. The number of anilines is 1. The summed E-state index contributed by atoms with van der Waals surface area (Å²) in [5.41, 5.74) is 6.09. The highest BCUT2D eigenvalue weighted by molar-refractivity contribution is 7.89. The van der Waals surface area contributed by atoms with E-state index in [1.165, 1.54) is 19.2 Å². The number of hydrogen-bond donors (Lipinski definition) is 2. The van der Waals surface area contributed by atoms with Gasteiger partial charge in [-0.3, -0.25) is 4.90 Å². The molecule has 118 valence electrons. The molecule has 21 heavy (non-hydrogen) atoms. The van der Waals surface area contributed by atoms with Crippen LogP contribution in [0.25, 0.3) is 0 Å². The third-order valence-electron chi connectivity index (χ3n) is 3.30. The zero-order valence-corrected chi connectivity index (χ0v) is 12.9. The van der Waals surface area contributed by atoms with Gasteiger partial charge in [0.25, 0.3) is 0 Å². The summed E-state index contributed by atoms with van der Waals surface area (Å²) in [4.78, 5) is 2.26. The molecule has 0 bridgehead atoms. The highest BCUT2D eigenvalue weighted by Gasteiger charge is 2.20. The van der Waals surface area contributed by atoms with E-state index in [-0.39, 0.29) is 10.6 Å². The van der Waals surface area contributed by atoms with Crippen LogP contribution in [0.15, 0.2) is 23.1 Å². The number of morpholine rings is 1. The van der Waals surface area contributed by atoms with Gasteiger partial charge in [0.2, 0.25) is 10.0 Å². The van der Waals surface area contributed by atoms with E-state index >= 15 is 0 Å². The molecule has 0 radical (unpaired) electrons. The summed E-state index contributed by atoms with van der Waals surface area (Å²) < 4.78 is 37.5. The summed E-state index contributed by atoms with van der Waals surface area (Å²) in [6, 6.07) is 4.49. The minimum absolute atomic E-state index is 0.0983. The SMILES string of the molecule is COc1cc(N)ccc1S(=O)(=O)NCCN1CCOCC1. The summed E-state index contributed by atoms with van der Waals surface area (Å²) >= 11 is 0. The molecular weight excluding hydrogens is 294 g/mol. The topological polar surface area (TPSA) is 93.9 Å². The summed E-state index contributed by atoms with van der Waals surface area (Å²) in [7, 11) is -2.19. The maximum Gasteiger partial charge on any atom is 0.244 e. The molecule has 2 rings (SSSR count). The van der Waals surface area contributed by atoms with Gasteiger partial charge in [0.15, 0.2) is 0 Å². The Morgan fingerprint density at radius 2 is 2.10 bits per heavy atom. The van der Waals surface area contributed by atoms with Crippen LogP contribution in [0, 0.1) is 0 Å². The number of hydrogen-bond acceptors (Lipinski definition) is 6. The van der Waals surface area contributed by atoms with E-state index < -0.39 is 10.0 Å². The Hall–Kier alpha value is -1.35. The molecule has 8 heteroatoms. The lowest BCUT2D eigenvalue weighted by Crippen LogP contribution is -2.41. The average molecular weight is 315 g/mol. The Balaban J connectivity index is 1.98. The second-order valence-corrected chi connectivity index (χ2v) is 6.50. The van der Waals surface area contributed by atoms with Gasteiger partial charge in [0.1, 0.15) is 10.6 Å². The molecule has 1 aromatic rings. The first-order chi connectivity index (χ1) is 10.0. The van der Waals surface area contributed by atoms with Crippen LogP contribution in [0.5, 0.6) is 5.75 Å². The molecule has 1 saturated heterocycles. The zero-order chi connectivity index (χ0) is 15.3. The smallest absolute Gasteiger partial charge is 0.244 e. The molecule has 1 aromatic carbocycles. The fourth-order valence-electron chi connectivity index (χ4n) is 2.15. The summed E-state index contributed by atoms with van der Waals surface area (Å²) in [5, 5.41) is 0. The average Bonchev–Trinajstić information content (AvgIpc) is 2.47. The van der Waals surface area contributed by atoms with Crippen molar-refractivity contribution in [3.05, 3.63) is 18.2 Å². The molecule has 1 heterocycles. The molecule has 0 spiro atoms.